The Bertz CT molecular complexity index is 1020. The lowest BCUT2D eigenvalue weighted by molar-refractivity contribution is -0.137. The van der Waals surface area contributed by atoms with Crippen molar-refractivity contribution < 1.29 is 27.2 Å². The molecule has 0 unspecified atom stereocenters. The first-order valence-corrected chi connectivity index (χ1v) is 8.70. The molecular formula is C19H20F4N6O2. The first-order chi connectivity index (χ1) is 14.5. The van der Waals surface area contributed by atoms with Crippen molar-refractivity contribution in [2.75, 3.05) is 24.8 Å². The summed E-state index contributed by atoms with van der Waals surface area (Å²) in [4.78, 5) is 24.3. The zero-order valence-electron chi connectivity index (χ0n) is 16.8. The van der Waals surface area contributed by atoms with Crippen molar-refractivity contribution in [2.45, 2.75) is 13.1 Å². The van der Waals surface area contributed by atoms with E-state index in [9.17, 15) is 22.4 Å². The second-order valence-corrected chi connectivity index (χ2v) is 6.19. The van der Waals surface area contributed by atoms with E-state index in [2.05, 4.69) is 25.4 Å². The topological polar surface area (TPSA) is 114 Å². The number of rotatable bonds is 6. The molecule has 1 aromatic carbocycles. The lowest BCUT2D eigenvalue weighted by atomic mass is 10.1. The molecule has 2 rings (SSSR count). The molecule has 0 aliphatic rings. The predicted octanol–water partition coefficient (Wildman–Crippen LogP) is 3.58. The molecule has 166 valence electrons. The van der Waals surface area contributed by atoms with Gasteiger partial charge in [0.05, 0.1) is 29.6 Å². The summed E-state index contributed by atoms with van der Waals surface area (Å²) in [7, 11) is 2.63. The second-order valence-electron chi connectivity index (χ2n) is 6.19. The number of aliphatic imine (C=N–C) groups is 1. The van der Waals surface area contributed by atoms with Gasteiger partial charge < -0.3 is 16.4 Å². The van der Waals surface area contributed by atoms with Gasteiger partial charge >= 0.3 is 6.18 Å². The Kier molecular flexibility index (Phi) is 7.53. The summed E-state index contributed by atoms with van der Waals surface area (Å²) in [5.74, 6) is -1.32. The third kappa shape index (κ3) is 6.40. The van der Waals surface area contributed by atoms with E-state index in [4.69, 9.17) is 5.73 Å². The Labute approximate surface area is 175 Å². The molecule has 0 atom stereocenters. The molecular weight excluding hydrogens is 420 g/mol. The summed E-state index contributed by atoms with van der Waals surface area (Å²) in [5.41, 5.74) is 6.14. The largest absolute Gasteiger partial charge is 0.419 e. The van der Waals surface area contributed by atoms with Crippen LogP contribution in [0.25, 0.3) is 0 Å². The highest BCUT2D eigenvalue weighted by molar-refractivity contribution is 6.04. The van der Waals surface area contributed by atoms with Gasteiger partial charge in [-0.15, -0.1) is 0 Å². The molecule has 0 radical (unpaired) electrons. The van der Waals surface area contributed by atoms with Gasteiger partial charge in [0.25, 0.3) is 5.91 Å². The minimum Gasteiger partial charge on any atom is -0.402 e. The molecule has 1 aromatic heterocycles. The highest BCUT2D eigenvalue weighted by Crippen LogP contribution is 2.37. The van der Waals surface area contributed by atoms with Gasteiger partial charge in [0.1, 0.15) is 17.5 Å². The van der Waals surface area contributed by atoms with Crippen LogP contribution in [0.15, 0.2) is 47.2 Å². The first kappa shape index (κ1) is 23.6. The molecule has 0 spiro atoms. The number of amidine groups is 1. The lowest BCUT2D eigenvalue weighted by Gasteiger charge is -2.18. The summed E-state index contributed by atoms with van der Waals surface area (Å²) >= 11 is 0. The van der Waals surface area contributed by atoms with E-state index in [1.165, 1.54) is 13.1 Å². The summed E-state index contributed by atoms with van der Waals surface area (Å²) in [6.07, 6.45) is -2.66. The Morgan fingerprint density at radius 3 is 2.55 bits per heavy atom. The predicted molar refractivity (Wildman–Crippen MR) is 108 cm³/mol. The number of alkyl halides is 3. The number of nitrogens with one attached hydrogen (secondary N) is 3. The van der Waals surface area contributed by atoms with Crippen molar-refractivity contribution in [3.05, 3.63) is 59.2 Å². The first-order valence-electron chi connectivity index (χ1n) is 8.70. The fourth-order valence-electron chi connectivity index (χ4n) is 2.46. The number of anilines is 3. The number of nitrogens with zero attached hydrogens (tertiary/aromatic N) is 2. The number of hydrogen-bond acceptors (Lipinski definition) is 6. The minimum absolute atomic E-state index is 0.0265. The summed E-state index contributed by atoms with van der Waals surface area (Å²) in [6, 6.07) is 4.07. The number of hydrogen-bond donors (Lipinski definition) is 4. The van der Waals surface area contributed by atoms with Gasteiger partial charge in [-0.3, -0.25) is 14.6 Å². The summed E-state index contributed by atoms with van der Waals surface area (Å²) < 4.78 is 54.2. The van der Waals surface area contributed by atoms with Crippen LogP contribution in [0, 0.1) is 5.82 Å². The van der Waals surface area contributed by atoms with E-state index in [0.717, 1.165) is 31.4 Å². The number of pyridine rings is 1. The summed E-state index contributed by atoms with van der Waals surface area (Å²) in [6.45, 7) is 1.61. The van der Waals surface area contributed by atoms with Crippen LogP contribution in [0.1, 0.15) is 22.8 Å². The SMILES string of the molecule is CN=C(C=C(C)N)Nc1cc(Nc2ccc(F)cc2C(=O)NOC)c(C(F)(F)F)cn1. The number of halogens is 4. The van der Waals surface area contributed by atoms with Crippen molar-refractivity contribution in [1.29, 1.82) is 0 Å². The van der Waals surface area contributed by atoms with Crippen LogP contribution >= 0.6 is 0 Å². The molecule has 0 bridgehead atoms. The van der Waals surface area contributed by atoms with Gasteiger partial charge in [0.2, 0.25) is 0 Å². The van der Waals surface area contributed by atoms with Crippen molar-refractivity contribution in [1.82, 2.24) is 10.5 Å². The Hall–Kier alpha value is -3.67. The minimum atomic E-state index is -4.75. The van der Waals surface area contributed by atoms with Gasteiger partial charge in [-0.2, -0.15) is 13.2 Å². The maximum absolute atomic E-state index is 13.6. The number of carbonyl (C=O) groups excluding carboxylic acids is 1. The summed E-state index contributed by atoms with van der Waals surface area (Å²) in [5, 5.41) is 5.27. The average molecular weight is 440 g/mol. The Morgan fingerprint density at radius 2 is 1.97 bits per heavy atom. The fourth-order valence-corrected chi connectivity index (χ4v) is 2.46. The highest BCUT2D eigenvalue weighted by Gasteiger charge is 2.34. The van der Waals surface area contributed by atoms with Crippen LogP contribution in [-0.4, -0.2) is 30.9 Å². The van der Waals surface area contributed by atoms with E-state index in [-0.39, 0.29) is 22.9 Å². The molecule has 0 aliphatic heterocycles. The highest BCUT2D eigenvalue weighted by atomic mass is 19.4. The zero-order valence-corrected chi connectivity index (χ0v) is 16.8. The molecule has 31 heavy (non-hydrogen) atoms. The van der Waals surface area contributed by atoms with Crippen LogP contribution < -0.4 is 21.8 Å². The molecule has 0 aliphatic carbocycles. The van der Waals surface area contributed by atoms with Crippen LogP contribution in [0.5, 0.6) is 0 Å². The molecule has 5 N–H and O–H groups in total. The second kappa shape index (κ2) is 9.89. The van der Waals surface area contributed by atoms with Gasteiger partial charge in [-0.05, 0) is 31.2 Å². The molecule has 1 heterocycles. The number of benzene rings is 1. The van der Waals surface area contributed by atoms with E-state index in [0.29, 0.717) is 11.9 Å². The van der Waals surface area contributed by atoms with Crippen LogP contribution in [0.4, 0.5) is 34.8 Å². The quantitative estimate of drug-likeness (QED) is 0.236. The zero-order chi connectivity index (χ0) is 23.2. The molecule has 12 heteroatoms. The number of aromatic nitrogens is 1. The van der Waals surface area contributed by atoms with E-state index >= 15 is 0 Å². The van der Waals surface area contributed by atoms with E-state index in [1.807, 2.05) is 5.48 Å². The van der Waals surface area contributed by atoms with Crippen molar-refractivity contribution in [3.63, 3.8) is 0 Å². The van der Waals surface area contributed by atoms with Crippen LogP contribution in [0.3, 0.4) is 0 Å². The number of hydroxylamine groups is 1. The molecule has 0 saturated carbocycles. The van der Waals surface area contributed by atoms with Crippen molar-refractivity contribution in [3.8, 4) is 0 Å². The van der Waals surface area contributed by atoms with Crippen LogP contribution in [-0.2, 0) is 11.0 Å². The van der Waals surface area contributed by atoms with Crippen molar-refractivity contribution >= 4 is 28.9 Å². The third-order valence-corrected chi connectivity index (χ3v) is 3.76. The average Bonchev–Trinajstić information content (AvgIpc) is 2.68. The molecule has 2 aromatic rings. The normalized spacial score (nSPS) is 12.5. The number of carbonyl (C=O) groups is 1. The molecule has 8 nitrogen and oxygen atoms in total. The number of nitrogens with two attached hydrogens (primary N) is 1. The monoisotopic (exact) mass is 440 g/mol. The Balaban J connectivity index is 2.52. The van der Waals surface area contributed by atoms with Gasteiger partial charge in [0.15, 0.2) is 0 Å². The van der Waals surface area contributed by atoms with E-state index in [1.54, 1.807) is 6.92 Å². The van der Waals surface area contributed by atoms with Crippen LogP contribution in [0.2, 0.25) is 0 Å². The van der Waals surface area contributed by atoms with Crippen molar-refractivity contribution in [2.24, 2.45) is 10.7 Å². The maximum atomic E-state index is 13.6. The maximum Gasteiger partial charge on any atom is 0.419 e. The van der Waals surface area contributed by atoms with E-state index < -0.39 is 29.2 Å². The standard InChI is InChI=1S/C19H20F4N6O2/c1-10(24)6-16(25-2)28-17-8-15(13(9-26-17)19(21,22)23)27-14-5-4-11(20)7-12(14)18(30)29-31-3/h4-9H,24H2,1-3H3,(H,29,30)(H2,25,26,27,28). The number of amides is 1. The molecule has 1 amide bonds. The molecule has 0 fully saturated rings. The van der Waals surface area contributed by atoms with Gasteiger partial charge in [0, 0.05) is 25.0 Å². The third-order valence-electron chi connectivity index (χ3n) is 3.76. The van der Waals surface area contributed by atoms with Gasteiger partial charge in [-0.1, -0.05) is 0 Å². The fraction of sp³-hybridized carbons (Fsp3) is 0.211. The Morgan fingerprint density at radius 1 is 1.26 bits per heavy atom. The smallest absolute Gasteiger partial charge is 0.402 e. The van der Waals surface area contributed by atoms with Gasteiger partial charge in [-0.25, -0.2) is 14.9 Å². The lowest BCUT2D eigenvalue weighted by Crippen LogP contribution is -2.23. The molecule has 0 saturated heterocycles. The number of allylic oxidation sites excluding steroid dienone is 1.